The SMILES string of the molecule is COCC(NC(=O)C1CC2CCCC(C1)C2N)c1ccc(F)cc1. The second-order valence-corrected chi connectivity index (χ2v) is 7.26. The highest BCUT2D eigenvalue weighted by Gasteiger charge is 2.40. The summed E-state index contributed by atoms with van der Waals surface area (Å²) in [6, 6.07) is 6.23. The Morgan fingerprint density at radius 3 is 2.50 bits per heavy atom. The zero-order valence-electron chi connectivity index (χ0n) is 14.2. The Balaban J connectivity index is 1.66. The molecule has 3 N–H and O–H groups in total. The molecule has 0 aromatic heterocycles. The van der Waals surface area contributed by atoms with E-state index in [1.54, 1.807) is 19.2 Å². The molecule has 24 heavy (non-hydrogen) atoms. The first-order valence-electron chi connectivity index (χ1n) is 8.89. The lowest BCUT2D eigenvalue weighted by molar-refractivity contribution is -0.129. The number of carbonyl (C=O) groups is 1. The molecule has 1 amide bonds. The van der Waals surface area contributed by atoms with Crippen molar-refractivity contribution in [3.05, 3.63) is 35.6 Å². The van der Waals surface area contributed by atoms with E-state index in [4.69, 9.17) is 10.5 Å². The van der Waals surface area contributed by atoms with Gasteiger partial charge in [0.2, 0.25) is 5.91 Å². The Morgan fingerprint density at radius 1 is 1.29 bits per heavy atom. The summed E-state index contributed by atoms with van der Waals surface area (Å²) in [5.41, 5.74) is 7.17. The first-order valence-corrected chi connectivity index (χ1v) is 8.89. The fourth-order valence-corrected chi connectivity index (χ4v) is 4.38. The first kappa shape index (κ1) is 17.4. The molecule has 0 heterocycles. The molecule has 3 unspecified atom stereocenters. The smallest absolute Gasteiger partial charge is 0.223 e. The molecule has 0 radical (unpaired) electrons. The number of carbonyl (C=O) groups excluding carboxylic acids is 1. The van der Waals surface area contributed by atoms with Crippen LogP contribution in [0, 0.1) is 23.6 Å². The lowest BCUT2D eigenvalue weighted by atomic mass is 9.65. The van der Waals surface area contributed by atoms with E-state index in [-0.39, 0.29) is 29.7 Å². The molecule has 2 aliphatic carbocycles. The summed E-state index contributed by atoms with van der Waals surface area (Å²) >= 11 is 0. The number of hydrogen-bond acceptors (Lipinski definition) is 3. The number of nitrogens with one attached hydrogen (secondary N) is 1. The van der Waals surface area contributed by atoms with Crippen LogP contribution in [0.5, 0.6) is 0 Å². The van der Waals surface area contributed by atoms with Crippen LogP contribution >= 0.6 is 0 Å². The predicted molar refractivity (Wildman–Crippen MR) is 90.7 cm³/mol. The van der Waals surface area contributed by atoms with Gasteiger partial charge in [-0.2, -0.15) is 0 Å². The lowest BCUT2D eigenvalue weighted by Gasteiger charge is -2.43. The number of ether oxygens (including phenoxy) is 1. The third kappa shape index (κ3) is 3.78. The minimum Gasteiger partial charge on any atom is -0.382 e. The van der Waals surface area contributed by atoms with Crippen molar-refractivity contribution in [1.82, 2.24) is 5.32 Å². The van der Waals surface area contributed by atoms with Gasteiger partial charge in [0.15, 0.2) is 0 Å². The van der Waals surface area contributed by atoms with E-state index in [2.05, 4.69) is 5.32 Å². The molecule has 1 aromatic carbocycles. The molecule has 3 rings (SSSR count). The minimum atomic E-state index is -0.282. The van der Waals surface area contributed by atoms with Crippen molar-refractivity contribution in [1.29, 1.82) is 0 Å². The van der Waals surface area contributed by atoms with Crippen molar-refractivity contribution in [2.75, 3.05) is 13.7 Å². The van der Waals surface area contributed by atoms with E-state index < -0.39 is 0 Å². The number of rotatable bonds is 5. The Morgan fingerprint density at radius 2 is 1.92 bits per heavy atom. The van der Waals surface area contributed by atoms with Crippen molar-refractivity contribution in [3.63, 3.8) is 0 Å². The molecule has 3 atom stereocenters. The Labute approximate surface area is 142 Å². The summed E-state index contributed by atoms with van der Waals surface area (Å²) in [5.74, 6) is 0.764. The van der Waals surface area contributed by atoms with Crippen molar-refractivity contribution in [2.45, 2.75) is 44.2 Å². The van der Waals surface area contributed by atoms with E-state index in [9.17, 15) is 9.18 Å². The molecule has 0 aliphatic heterocycles. The summed E-state index contributed by atoms with van der Waals surface area (Å²) in [5, 5.41) is 3.10. The monoisotopic (exact) mass is 334 g/mol. The Hall–Kier alpha value is -1.46. The predicted octanol–water partition coefficient (Wildman–Crippen LogP) is 2.78. The van der Waals surface area contributed by atoms with Crippen molar-refractivity contribution in [2.24, 2.45) is 23.5 Å². The fourth-order valence-electron chi connectivity index (χ4n) is 4.38. The maximum absolute atomic E-state index is 13.1. The van der Waals surface area contributed by atoms with Crippen molar-refractivity contribution >= 4 is 5.91 Å². The molecular weight excluding hydrogens is 307 g/mol. The normalized spacial score (nSPS) is 30.6. The largest absolute Gasteiger partial charge is 0.382 e. The maximum Gasteiger partial charge on any atom is 0.223 e. The summed E-state index contributed by atoms with van der Waals surface area (Å²) in [7, 11) is 1.60. The highest BCUT2D eigenvalue weighted by molar-refractivity contribution is 5.79. The number of halogens is 1. The number of fused-ring (bicyclic) bond motifs is 2. The number of nitrogens with two attached hydrogens (primary N) is 1. The van der Waals surface area contributed by atoms with E-state index in [1.807, 2.05) is 0 Å². The van der Waals surface area contributed by atoms with E-state index in [0.29, 0.717) is 18.4 Å². The van der Waals surface area contributed by atoms with Gasteiger partial charge >= 0.3 is 0 Å². The molecule has 0 saturated heterocycles. The lowest BCUT2D eigenvalue weighted by Crippen LogP contribution is -2.49. The van der Waals surface area contributed by atoms with Crippen LogP contribution in [0.1, 0.15) is 43.7 Å². The molecule has 2 fully saturated rings. The summed E-state index contributed by atoms with van der Waals surface area (Å²) in [6.45, 7) is 0.371. The average molecular weight is 334 g/mol. The zero-order valence-corrected chi connectivity index (χ0v) is 14.2. The molecule has 2 saturated carbocycles. The van der Waals surface area contributed by atoms with Crippen LogP contribution in [-0.4, -0.2) is 25.7 Å². The van der Waals surface area contributed by atoms with Gasteiger partial charge in [0, 0.05) is 19.1 Å². The van der Waals surface area contributed by atoms with E-state index in [1.165, 1.54) is 18.6 Å². The summed E-state index contributed by atoms with van der Waals surface area (Å²) in [4.78, 5) is 12.8. The van der Waals surface area contributed by atoms with Gasteiger partial charge in [-0.05, 0) is 55.2 Å². The Bertz CT molecular complexity index is 549. The molecule has 5 heteroatoms. The quantitative estimate of drug-likeness (QED) is 0.870. The van der Waals surface area contributed by atoms with Gasteiger partial charge in [-0.25, -0.2) is 4.39 Å². The molecule has 2 aliphatic rings. The second-order valence-electron chi connectivity index (χ2n) is 7.26. The third-order valence-corrected chi connectivity index (χ3v) is 5.71. The average Bonchev–Trinajstić information content (AvgIpc) is 2.55. The molecule has 2 bridgehead atoms. The molecule has 132 valence electrons. The second kappa shape index (κ2) is 7.62. The summed E-state index contributed by atoms with van der Waals surface area (Å²) < 4.78 is 18.4. The highest BCUT2D eigenvalue weighted by atomic mass is 19.1. The van der Waals surface area contributed by atoms with Crippen LogP contribution in [0.2, 0.25) is 0 Å². The first-order chi connectivity index (χ1) is 11.6. The number of methoxy groups -OCH3 is 1. The van der Waals surface area contributed by atoms with Crippen molar-refractivity contribution in [3.8, 4) is 0 Å². The van der Waals surface area contributed by atoms with Gasteiger partial charge in [0.1, 0.15) is 5.82 Å². The highest BCUT2D eigenvalue weighted by Crippen LogP contribution is 2.42. The van der Waals surface area contributed by atoms with Crippen LogP contribution in [0.15, 0.2) is 24.3 Å². The Kier molecular flexibility index (Phi) is 5.51. The van der Waals surface area contributed by atoms with E-state index >= 15 is 0 Å². The third-order valence-electron chi connectivity index (χ3n) is 5.71. The fraction of sp³-hybridized carbons (Fsp3) is 0.632. The molecule has 4 nitrogen and oxygen atoms in total. The van der Waals surface area contributed by atoms with Crippen molar-refractivity contribution < 1.29 is 13.9 Å². The summed E-state index contributed by atoms with van der Waals surface area (Å²) in [6.07, 6.45) is 5.28. The van der Waals surface area contributed by atoms with Gasteiger partial charge in [-0.1, -0.05) is 18.6 Å². The zero-order chi connectivity index (χ0) is 17.1. The van der Waals surface area contributed by atoms with Crippen LogP contribution in [0.25, 0.3) is 0 Å². The van der Waals surface area contributed by atoms with Gasteiger partial charge in [-0.3, -0.25) is 4.79 Å². The number of hydrogen-bond donors (Lipinski definition) is 2. The maximum atomic E-state index is 13.1. The molecule has 1 aromatic rings. The van der Waals surface area contributed by atoms with Crippen LogP contribution in [0.4, 0.5) is 4.39 Å². The minimum absolute atomic E-state index is 0.0277. The molecular formula is C19H27FN2O2. The van der Waals surface area contributed by atoms with Gasteiger partial charge < -0.3 is 15.8 Å². The standard InChI is InChI=1S/C19H27FN2O2/c1-24-11-17(12-5-7-16(20)8-6-12)22-19(23)15-9-13-3-2-4-14(10-15)18(13)21/h5-8,13-15,17-18H,2-4,9-11,21H2,1H3,(H,22,23). The number of benzene rings is 1. The van der Waals surface area contributed by atoms with Gasteiger partial charge in [0.25, 0.3) is 0 Å². The van der Waals surface area contributed by atoms with Crippen LogP contribution in [-0.2, 0) is 9.53 Å². The van der Waals surface area contributed by atoms with E-state index in [0.717, 1.165) is 31.2 Å². The topological polar surface area (TPSA) is 64.3 Å². The van der Waals surface area contributed by atoms with Crippen LogP contribution in [0.3, 0.4) is 0 Å². The van der Waals surface area contributed by atoms with Gasteiger partial charge in [-0.15, -0.1) is 0 Å². The van der Waals surface area contributed by atoms with Crippen LogP contribution < -0.4 is 11.1 Å². The number of amides is 1. The molecule has 0 spiro atoms. The van der Waals surface area contributed by atoms with Gasteiger partial charge in [0.05, 0.1) is 12.6 Å².